The van der Waals surface area contributed by atoms with Gasteiger partial charge in [0.1, 0.15) is 5.82 Å². The summed E-state index contributed by atoms with van der Waals surface area (Å²) in [5, 5.41) is -0.677. The molecule has 9 heteroatoms. The molecule has 0 aliphatic carbocycles. The molecule has 0 bridgehead atoms. The molecule has 0 atom stereocenters. The lowest BCUT2D eigenvalue weighted by atomic mass is 10.2. The number of sulfone groups is 1. The molecule has 1 aliphatic heterocycles. The van der Waals surface area contributed by atoms with E-state index in [9.17, 15) is 21.2 Å². The zero-order valence-electron chi connectivity index (χ0n) is 13.7. The summed E-state index contributed by atoms with van der Waals surface area (Å²) >= 11 is 3.27. The van der Waals surface area contributed by atoms with Crippen molar-refractivity contribution in [2.24, 2.45) is 0 Å². The van der Waals surface area contributed by atoms with Crippen molar-refractivity contribution in [1.82, 2.24) is 4.31 Å². The van der Waals surface area contributed by atoms with Crippen molar-refractivity contribution in [3.05, 3.63) is 58.8 Å². The van der Waals surface area contributed by atoms with Crippen LogP contribution in [0.15, 0.2) is 62.8 Å². The molecule has 26 heavy (non-hydrogen) atoms. The lowest BCUT2D eigenvalue weighted by Gasteiger charge is -2.31. The van der Waals surface area contributed by atoms with Gasteiger partial charge in [-0.05, 0) is 61.4 Å². The molecule has 1 heterocycles. The first-order chi connectivity index (χ1) is 12.2. The number of sulfonamides is 1. The predicted molar refractivity (Wildman–Crippen MR) is 99.5 cm³/mol. The largest absolute Gasteiger partial charge is 0.243 e. The van der Waals surface area contributed by atoms with Crippen molar-refractivity contribution >= 4 is 35.8 Å². The van der Waals surface area contributed by atoms with E-state index in [1.54, 1.807) is 12.1 Å². The molecule has 2 aromatic rings. The van der Waals surface area contributed by atoms with Gasteiger partial charge in [-0.2, -0.15) is 4.31 Å². The van der Waals surface area contributed by atoms with Crippen LogP contribution >= 0.6 is 15.9 Å². The summed E-state index contributed by atoms with van der Waals surface area (Å²) in [5.74, 6) is -0.501. The summed E-state index contributed by atoms with van der Waals surface area (Å²) in [6.07, 6.45) is 0.408. The second-order valence-electron chi connectivity index (χ2n) is 6.06. The molecule has 5 nitrogen and oxygen atoms in total. The van der Waals surface area contributed by atoms with E-state index in [-0.39, 0.29) is 35.7 Å². The van der Waals surface area contributed by atoms with Crippen molar-refractivity contribution in [3.8, 4) is 0 Å². The molecule has 0 saturated carbocycles. The Labute approximate surface area is 160 Å². The minimum absolute atomic E-state index is 0.0631. The minimum Gasteiger partial charge on any atom is -0.223 e. The Kier molecular flexibility index (Phi) is 5.53. The van der Waals surface area contributed by atoms with Crippen LogP contribution < -0.4 is 0 Å². The van der Waals surface area contributed by atoms with Gasteiger partial charge in [-0.25, -0.2) is 21.2 Å². The highest BCUT2D eigenvalue weighted by Crippen LogP contribution is 2.28. The van der Waals surface area contributed by atoms with Crippen LogP contribution in [0.2, 0.25) is 0 Å². The topological polar surface area (TPSA) is 71.5 Å². The van der Waals surface area contributed by atoms with E-state index in [1.807, 2.05) is 0 Å². The van der Waals surface area contributed by atoms with Gasteiger partial charge in [0, 0.05) is 17.6 Å². The number of benzene rings is 2. The Balaban J connectivity index is 1.74. The molecule has 0 aromatic heterocycles. The molecule has 2 aromatic carbocycles. The van der Waals surface area contributed by atoms with Gasteiger partial charge in [-0.3, -0.25) is 0 Å². The highest BCUT2D eigenvalue weighted by atomic mass is 79.9. The van der Waals surface area contributed by atoms with Crippen LogP contribution in [0, 0.1) is 5.82 Å². The standard InChI is InChI=1S/C17H17BrFNO4S2/c18-13-1-5-17(6-2-13)26(23,24)20-11-9-16(10-12-20)25(21,22)15-7-3-14(19)4-8-15/h1-8,16H,9-12H2. The van der Waals surface area contributed by atoms with E-state index in [0.717, 1.165) is 16.6 Å². The third-order valence-corrected chi connectivity index (χ3v) is 9.15. The molecule has 1 aliphatic rings. The molecule has 3 rings (SSSR count). The molecular weight excluding hydrogens is 445 g/mol. The maximum Gasteiger partial charge on any atom is 0.243 e. The van der Waals surface area contributed by atoms with Gasteiger partial charge >= 0.3 is 0 Å². The fourth-order valence-electron chi connectivity index (χ4n) is 2.96. The van der Waals surface area contributed by atoms with Crippen LogP contribution in [0.5, 0.6) is 0 Å². The average Bonchev–Trinajstić information content (AvgIpc) is 2.62. The summed E-state index contributed by atoms with van der Waals surface area (Å²) in [4.78, 5) is 0.244. The smallest absolute Gasteiger partial charge is 0.223 e. The van der Waals surface area contributed by atoms with E-state index in [4.69, 9.17) is 0 Å². The van der Waals surface area contributed by atoms with E-state index in [0.29, 0.717) is 0 Å². The molecular formula is C17H17BrFNO4S2. The van der Waals surface area contributed by atoms with Crippen LogP contribution in [0.1, 0.15) is 12.8 Å². The number of nitrogens with zero attached hydrogens (tertiary/aromatic N) is 1. The molecule has 0 amide bonds. The van der Waals surface area contributed by atoms with E-state index in [1.165, 1.54) is 28.6 Å². The van der Waals surface area contributed by atoms with Crippen LogP contribution in [0.4, 0.5) is 4.39 Å². The van der Waals surface area contributed by atoms with Crippen LogP contribution in [0.3, 0.4) is 0 Å². The summed E-state index contributed by atoms with van der Waals surface area (Å²) in [6, 6.07) is 11.0. The molecule has 1 fully saturated rings. The second kappa shape index (κ2) is 7.38. The van der Waals surface area contributed by atoms with Gasteiger partial charge in [0.25, 0.3) is 0 Å². The van der Waals surface area contributed by atoms with E-state index in [2.05, 4.69) is 15.9 Å². The van der Waals surface area contributed by atoms with Crippen molar-refractivity contribution in [2.45, 2.75) is 27.9 Å². The second-order valence-corrected chi connectivity index (χ2v) is 11.1. The highest BCUT2D eigenvalue weighted by molar-refractivity contribution is 9.10. The third kappa shape index (κ3) is 3.85. The normalized spacial score (nSPS) is 17.3. The first-order valence-corrected chi connectivity index (χ1v) is 11.7. The van der Waals surface area contributed by atoms with Crippen molar-refractivity contribution in [3.63, 3.8) is 0 Å². The van der Waals surface area contributed by atoms with Gasteiger partial charge in [-0.15, -0.1) is 0 Å². The lowest BCUT2D eigenvalue weighted by Crippen LogP contribution is -2.42. The predicted octanol–water partition coefficient (Wildman–Crippen LogP) is 3.22. The van der Waals surface area contributed by atoms with Gasteiger partial charge < -0.3 is 0 Å². The number of piperidine rings is 1. The van der Waals surface area contributed by atoms with Gasteiger partial charge in [0.05, 0.1) is 15.0 Å². The Morgan fingerprint density at radius 1 is 0.846 bits per heavy atom. The minimum atomic E-state index is -3.65. The zero-order chi connectivity index (χ0) is 18.9. The highest BCUT2D eigenvalue weighted by Gasteiger charge is 2.35. The first kappa shape index (κ1) is 19.5. The van der Waals surface area contributed by atoms with Gasteiger partial charge in [0.15, 0.2) is 9.84 Å². The number of hydrogen-bond acceptors (Lipinski definition) is 4. The van der Waals surface area contributed by atoms with Crippen molar-refractivity contribution in [2.75, 3.05) is 13.1 Å². The SMILES string of the molecule is O=S(=O)(c1ccc(F)cc1)C1CCN(S(=O)(=O)c2ccc(Br)cc2)CC1. The average molecular weight is 462 g/mol. The lowest BCUT2D eigenvalue weighted by molar-refractivity contribution is 0.345. The Bertz CT molecular complexity index is 899. The van der Waals surface area contributed by atoms with Gasteiger partial charge in [-0.1, -0.05) is 15.9 Å². The van der Waals surface area contributed by atoms with Crippen LogP contribution in [0.25, 0.3) is 0 Å². The molecule has 1 saturated heterocycles. The number of halogens is 2. The van der Waals surface area contributed by atoms with Crippen LogP contribution in [-0.4, -0.2) is 39.5 Å². The molecule has 0 N–H and O–H groups in total. The van der Waals surface area contributed by atoms with E-state index < -0.39 is 30.9 Å². The first-order valence-electron chi connectivity index (χ1n) is 7.96. The summed E-state index contributed by atoms with van der Waals surface area (Å²) in [5.41, 5.74) is 0. The fourth-order valence-corrected chi connectivity index (χ4v) is 6.42. The zero-order valence-corrected chi connectivity index (χ0v) is 16.9. The molecule has 0 radical (unpaired) electrons. The monoisotopic (exact) mass is 461 g/mol. The molecule has 0 unspecified atom stereocenters. The van der Waals surface area contributed by atoms with Crippen LogP contribution in [-0.2, 0) is 19.9 Å². The number of rotatable bonds is 4. The summed E-state index contributed by atoms with van der Waals surface area (Å²) < 4.78 is 65.8. The molecule has 140 valence electrons. The quantitative estimate of drug-likeness (QED) is 0.655. The summed E-state index contributed by atoms with van der Waals surface area (Å²) in [7, 11) is -7.26. The Morgan fingerprint density at radius 2 is 1.35 bits per heavy atom. The number of hydrogen-bond donors (Lipinski definition) is 0. The third-order valence-electron chi connectivity index (χ3n) is 4.43. The van der Waals surface area contributed by atoms with Crippen molar-refractivity contribution in [1.29, 1.82) is 0 Å². The maximum absolute atomic E-state index is 13.0. The van der Waals surface area contributed by atoms with Gasteiger partial charge in [0.2, 0.25) is 10.0 Å². The Hall–Kier alpha value is -1.29. The van der Waals surface area contributed by atoms with Crippen molar-refractivity contribution < 1.29 is 21.2 Å². The van der Waals surface area contributed by atoms with E-state index >= 15 is 0 Å². The fraction of sp³-hybridized carbons (Fsp3) is 0.294. The maximum atomic E-state index is 13.0. The molecule has 0 spiro atoms. The summed E-state index contributed by atoms with van der Waals surface area (Å²) in [6.45, 7) is 0.257. The Morgan fingerprint density at radius 3 is 1.88 bits per heavy atom.